The largest absolute Gasteiger partial charge is 0.417 e. The van der Waals surface area contributed by atoms with Crippen LogP contribution in [0.2, 0.25) is 10.0 Å². The van der Waals surface area contributed by atoms with Crippen molar-refractivity contribution in [1.82, 2.24) is 0 Å². The summed E-state index contributed by atoms with van der Waals surface area (Å²) in [5.41, 5.74) is 2.34. The molecule has 2 rings (SSSR count). The molecule has 1 N–H and O–H groups in total. The zero-order valence-corrected chi connectivity index (χ0v) is 12.0. The SMILES string of the molecule is FC(F)(F)c1ccccc1C=NNc1ccc(Cl)c(Cl)c1. The van der Waals surface area contributed by atoms with Gasteiger partial charge < -0.3 is 0 Å². The van der Waals surface area contributed by atoms with Crippen LogP contribution in [-0.4, -0.2) is 6.21 Å². The molecule has 110 valence electrons. The molecule has 0 saturated heterocycles. The molecule has 0 aliphatic carbocycles. The molecular weight excluding hydrogens is 324 g/mol. The highest BCUT2D eigenvalue weighted by atomic mass is 35.5. The zero-order valence-electron chi connectivity index (χ0n) is 10.5. The van der Waals surface area contributed by atoms with Gasteiger partial charge in [-0.3, -0.25) is 5.43 Å². The summed E-state index contributed by atoms with van der Waals surface area (Å²) in [6, 6.07) is 9.87. The summed E-state index contributed by atoms with van der Waals surface area (Å²) >= 11 is 11.6. The van der Waals surface area contributed by atoms with Gasteiger partial charge in [-0.25, -0.2) is 0 Å². The summed E-state index contributed by atoms with van der Waals surface area (Å²) in [7, 11) is 0. The van der Waals surface area contributed by atoms with Gasteiger partial charge in [-0.05, 0) is 24.3 Å². The van der Waals surface area contributed by atoms with E-state index < -0.39 is 11.7 Å². The fourth-order valence-electron chi connectivity index (χ4n) is 1.61. The number of nitrogens with zero attached hydrogens (tertiary/aromatic N) is 1. The molecule has 21 heavy (non-hydrogen) atoms. The zero-order chi connectivity index (χ0) is 15.5. The Morgan fingerprint density at radius 3 is 2.38 bits per heavy atom. The molecule has 0 unspecified atom stereocenters. The smallest absolute Gasteiger partial charge is 0.278 e. The Labute approximate surface area is 129 Å². The molecule has 0 bridgehead atoms. The summed E-state index contributed by atoms with van der Waals surface area (Å²) in [5, 5.41) is 4.49. The third kappa shape index (κ3) is 4.12. The maximum Gasteiger partial charge on any atom is 0.417 e. The molecule has 0 radical (unpaired) electrons. The number of nitrogens with one attached hydrogen (secondary N) is 1. The Bertz CT molecular complexity index is 670. The summed E-state index contributed by atoms with van der Waals surface area (Å²) in [6.45, 7) is 0. The minimum atomic E-state index is -4.42. The Morgan fingerprint density at radius 2 is 1.71 bits per heavy atom. The van der Waals surface area contributed by atoms with Gasteiger partial charge in [-0.15, -0.1) is 0 Å². The Balaban J connectivity index is 2.17. The molecule has 2 aromatic carbocycles. The molecule has 0 amide bonds. The highest BCUT2D eigenvalue weighted by molar-refractivity contribution is 6.42. The second kappa shape index (κ2) is 6.37. The van der Waals surface area contributed by atoms with E-state index in [2.05, 4.69) is 10.5 Å². The second-order valence-corrected chi connectivity index (χ2v) is 4.90. The molecule has 2 nitrogen and oxygen atoms in total. The van der Waals surface area contributed by atoms with Gasteiger partial charge in [-0.1, -0.05) is 41.4 Å². The van der Waals surface area contributed by atoms with E-state index in [0.717, 1.165) is 12.3 Å². The molecule has 0 saturated carbocycles. The van der Waals surface area contributed by atoms with Crippen molar-refractivity contribution >= 4 is 35.1 Å². The molecule has 0 aromatic heterocycles. The number of benzene rings is 2. The van der Waals surface area contributed by atoms with Crippen LogP contribution < -0.4 is 5.43 Å². The average Bonchev–Trinajstić information content (AvgIpc) is 2.42. The van der Waals surface area contributed by atoms with E-state index in [0.29, 0.717) is 15.7 Å². The van der Waals surface area contributed by atoms with Crippen LogP contribution in [-0.2, 0) is 6.18 Å². The van der Waals surface area contributed by atoms with E-state index in [9.17, 15) is 13.2 Å². The molecule has 0 fully saturated rings. The standard InChI is InChI=1S/C14H9Cl2F3N2/c15-12-6-5-10(7-13(12)16)21-20-8-9-3-1-2-4-11(9)14(17,18)19/h1-8,21H. The quantitative estimate of drug-likeness (QED) is 0.585. The van der Waals surface area contributed by atoms with E-state index in [1.807, 2.05) is 0 Å². The lowest BCUT2D eigenvalue weighted by Gasteiger charge is -2.09. The number of hydrogen-bond donors (Lipinski definition) is 1. The van der Waals surface area contributed by atoms with Crippen molar-refractivity contribution in [3.8, 4) is 0 Å². The van der Waals surface area contributed by atoms with E-state index >= 15 is 0 Å². The maximum atomic E-state index is 12.8. The van der Waals surface area contributed by atoms with Crippen molar-refractivity contribution in [1.29, 1.82) is 0 Å². The number of hydrazone groups is 1. The molecular formula is C14H9Cl2F3N2. The van der Waals surface area contributed by atoms with Crippen LogP contribution in [0.25, 0.3) is 0 Å². The van der Waals surface area contributed by atoms with Crippen LogP contribution in [0, 0.1) is 0 Å². The first-order valence-electron chi connectivity index (χ1n) is 5.78. The lowest BCUT2D eigenvalue weighted by molar-refractivity contribution is -0.137. The molecule has 0 aliphatic rings. The van der Waals surface area contributed by atoms with Gasteiger partial charge in [-0.2, -0.15) is 18.3 Å². The predicted octanol–water partition coefficient (Wildman–Crippen LogP) is 5.46. The molecule has 0 spiro atoms. The fraction of sp³-hybridized carbons (Fsp3) is 0.0714. The first-order chi connectivity index (χ1) is 9.88. The Morgan fingerprint density at radius 1 is 1.00 bits per heavy atom. The Hall–Kier alpha value is -1.72. The lowest BCUT2D eigenvalue weighted by Crippen LogP contribution is -2.08. The average molecular weight is 333 g/mol. The van der Waals surface area contributed by atoms with Gasteiger partial charge in [0.1, 0.15) is 0 Å². The summed E-state index contributed by atoms with van der Waals surface area (Å²) in [6.07, 6.45) is -3.32. The number of halogens is 5. The minimum absolute atomic E-state index is 0.0300. The van der Waals surface area contributed by atoms with Gasteiger partial charge in [0, 0.05) is 5.56 Å². The first-order valence-corrected chi connectivity index (χ1v) is 6.54. The molecule has 7 heteroatoms. The topological polar surface area (TPSA) is 24.4 Å². The van der Waals surface area contributed by atoms with Crippen LogP contribution in [0.15, 0.2) is 47.6 Å². The highest BCUT2D eigenvalue weighted by Gasteiger charge is 2.32. The minimum Gasteiger partial charge on any atom is -0.278 e. The van der Waals surface area contributed by atoms with Crippen molar-refractivity contribution in [2.24, 2.45) is 5.10 Å². The maximum absolute atomic E-state index is 12.8. The van der Waals surface area contributed by atoms with Crippen molar-refractivity contribution in [2.75, 3.05) is 5.43 Å². The normalized spacial score (nSPS) is 11.9. The summed E-state index contributed by atoms with van der Waals surface area (Å²) in [5.74, 6) is 0. The van der Waals surface area contributed by atoms with E-state index in [1.165, 1.54) is 24.3 Å². The predicted molar refractivity (Wildman–Crippen MR) is 79.1 cm³/mol. The third-order valence-corrected chi connectivity index (χ3v) is 3.32. The van der Waals surface area contributed by atoms with Crippen molar-refractivity contribution < 1.29 is 13.2 Å². The van der Waals surface area contributed by atoms with Gasteiger partial charge in [0.05, 0.1) is 27.5 Å². The van der Waals surface area contributed by atoms with Gasteiger partial charge in [0.15, 0.2) is 0 Å². The van der Waals surface area contributed by atoms with Crippen LogP contribution >= 0.6 is 23.2 Å². The Kier molecular flexibility index (Phi) is 4.75. The second-order valence-electron chi connectivity index (χ2n) is 4.08. The lowest BCUT2D eigenvalue weighted by atomic mass is 10.1. The van der Waals surface area contributed by atoms with Crippen molar-refractivity contribution in [3.05, 3.63) is 63.6 Å². The van der Waals surface area contributed by atoms with Crippen LogP contribution in [0.5, 0.6) is 0 Å². The fourth-order valence-corrected chi connectivity index (χ4v) is 1.91. The van der Waals surface area contributed by atoms with Crippen molar-refractivity contribution in [3.63, 3.8) is 0 Å². The van der Waals surface area contributed by atoms with E-state index in [-0.39, 0.29) is 5.56 Å². The molecule has 0 heterocycles. The van der Waals surface area contributed by atoms with Gasteiger partial charge in [0.2, 0.25) is 0 Å². The van der Waals surface area contributed by atoms with Crippen LogP contribution in [0.3, 0.4) is 0 Å². The molecule has 2 aromatic rings. The van der Waals surface area contributed by atoms with E-state index in [1.54, 1.807) is 12.1 Å². The van der Waals surface area contributed by atoms with E-state index in [4.69, 9.17) is 23.2 Å². The highest BCUT2D eigenvalue weighted by Crippen LogP contribution is 2.31. The van der Waals surface area contributed by atoms with Crippen LogP contribution in [0.4, 0.5) is 18.9 Å². The van der Waals surface area contributed by atoms with Gasteiger partial charge >= 0.3 is 6.18 Å². The number of rotatable bonds is 3. The van der Waals surface area contributed by atoms with Gasteiger partial charge in [0.25, 0.3) is 0 Å². The first kappa shape index (κ1) is 15.7. The molecule has 0 atom stereocenters. The summed E-state index contributed by atoms with van der Waals surface area (Å²) < 4.78 is 38.3. The molecule has 0 aliphatic heterocycles. The third-order valence-electron chi connectivity index (χ3n) is 2.58. The van der Waals surface area contributed by atoms with Crippen molar-refractivity contribution in [2.45, 2.75) is 6.18 Å². The number of hydrogen-bond acceptors (Lipinski definition) is 2. The summed E-state index contributed by atoms with van der Waals surface area (Å²) in [4.78, 5) is 0. The number of alkyl halides is 3. The number of anilines is 1. The van der Waals surface area contributed by atoms with Crippen LogP contribution in [0.1, 0.15) is 11.1 Å². The monoisotopic (exact) mass is 332 g/mol.